The van der Waals surface area contributed by atoms with Gasteiger partial charge in [0.2, 0.25) is 11.8 Å². The van der Waals surface area contributed by atoms with Gasteiger partial charge < -0.3 is 15.0 Å². The Bertz CT molecular complexity index is 1750. The molecule has 0 bridgehead atoms. The lowest BCUT2D eigenvalue weighted by atomic mass is 10.0. The third-order valence-corrected chi connectivity index (χ3v) is 10.1. The Balaban J connectivity index is 1.80. The Kier molecular flexibility index (Phi) is 12.7. The van der Waals surface area contributed by atoms with Crippen molar-refractivity contribution in [1.29, 1.82) is 0 Å². The maximum absolute atomic E-state index is 14.6. The third kappa shape index (κ3) is 9.50. The van der Waals surface area contributed by atoms with Crippen LogP contribution in [0.4, 0.5) is 5.69 Å². The van der Waals surface area contributed by atoms with Gasteiger partial charge in [0.25, 0.3) is 10.0 Å². The molecule has 4 aromatic rings. The van der Waals surface area contributed by atoms with E-state index >= 15 is 0 Å². The Labute approximate surface area is 287 Å². The van der Waals surface area contributed by atoms with Crippen molar-refractivity contribution in [1.82, 2.24) is 10.2 Å². The molecule has 2 amide bonds. The molecule has 11 heteroatoms. The summed E-state index contributed by atoms with van der Waals surface area (Å²) in [6.07, 6.45) is 1.84. The molecule has 8 nitrogen and oxygen atoms in total. The first-order valence-electron chi connectivity index (χ1n) is 15.3. The lowest BCUT2D eigenvalue weighted by molar-refractivity contribution is -0.140. The highest BCUT2D eigenvalue weighted by molar-refractivity contribution is 7.92. The van der Waals surface area contributed by atoms with Gasteiger partial charge in [-0.3, -0.25) is 13.9 Å². The fourth-order valence-corrected chi connectivity index (χ4v) is 6.89. The number of hydrogen-bond donors (Lipinski definition) is 1. The van der Waals surface area contributed by atoms with Crippen LogP contribution in [0.2, 0.25) is 10.0 Å². The highest BCUT2D eigenvalue weighted by Gasteiger charge is 2.35. The standard InChI is InChI=1S/C36H39Cl2N3O5S/c1-4-5-21-39-36(43)34(22-27-9-7-6-8-10-27)40(24-28-13-14-29(37)23-33(28)38)35(42)25-41(30-15-11-26(2)12-16-30)47(44,45)32-19-17-31(46-3)18-20-32/h6-20,23,34H,4-5,21-22,24-25H2,1-3H3,(H,39,43)/t34-/m1/s1. The lowest BCUT2D eigenvalue weighted by Gasteiger charge is -2.34. The minimum Gasteiger partial charge on any atom is -0.497 e. The number of carbonyl (C=O) groups is 2. The molecule has 0 aromatic heterocycles. The van der Waals surface area contributed by atoms with Crippen molar-refractivity contribution in [3.8, 4) is 5.75 Å². The van der Waals surface area contributed by atoms with Gasteiger partial charge in [-0.15, -0.1) is 0 Å². The van der Waals surface area contributed by atoms with Gasteiger partial charge >= 0.3 is 0 Å². The second-order valence-corrected chi connectivity index (χ2v) is 13.8. The summed E-state index contributed by atoms with van der Waals surface area (Å²) in [4.78, 5) is 29.8. The molecule has 0 radical (unpaired) electrons. The number of benzene rings is 4. The highest BCUT2D eigenvalue weighted by atomic mass is 35.5. The molecule has 47 heavy (non-hydrogen) atoms. The first kappa shape index (κ1) is 35.8. The molecule has 0 aliphatic carbocycles. The minimum absolute atomic E-state index is 0.0166. The van der Waals surface area contributed by atoms with Gasteiger partial charge in [0.15, 0.2) is 0 Å². The molecular weight excluding hydrogens is 657 g/mol. The molecule has 4 aromatic carbocycles. The zero-order chi connectivity index (χ0) is 34.0. The predicted molar refractivity (Wildman–Crippen MR) is 188 cm³/mol. The summed E-state index contributed by atoms with van der Waals surface area (Å²) in [5, 5.41) is 3.72. The molecular formula is C36H39Cl2N3O5S. The van der Waals surface area contributed by atoms with Gasteiger partial charge in [-0.05, 0) is 73.0 Å². The second-order valence-electron chi connectivity index (χ2n) is 11.1. The number of anilines is 1. The van der Waals surface area contributed by atoms with Crippen LogP contribution in [0.1, 0.15) is 36.5 Å². The fraction of sp³-hybridized carbons (Fsp3) is 0.278. The van der Waals surface area contributed by atoms with Crippen molar-refractivity contribution in [2.24, 2.45) is 0 Å². The smallest absolute Gasteiger partial charge is 0.264 e. The first-order valence-corrected chi connectivity index (χ1v) is 17.5. The summed E-state index contributed by atoms with van der Waals surface area (Å²) in [7, 11) is -2.75. The number of nitrogens with one attached hydrogen (secondary N) is 1. The molecule has 0 aliphatic heterocycles. The van der Waals surface area contributed by atoms with E-state index in [4.69, 9.17) is 27.9 Å². The van der Waals surface area contributed by atoms with Crippen LogP contribution in [0.3, 0.4) is 0 Å². The molecule has 0 aliphatic rings. The van der Waals surface area contributed by atoms with Gasteiger partial charge in [-0.1, -0.05) is 90.6 Å². The van der Waals surface area contributed by atoms with Crippen LogP contribution >= 0.6 is 23.2 Å². The number of amides is 2. The van der Waals surface area contributed by atoms with Crippen LogP contribution in [0, 0.1) is 6.92 Å². The maximum Gasteiger partial charge on any atom is 0.264 e. The summed E-state index contributed by atoms with van der Waals surface area (Å²) >= 11 is 12.8. The SMILES string of the molecule is CCCCNC(=O)[C@@H](Cc1ccccc1)N(Cc1ccc(Cl)cc1Cl)C(=O)CN(c1ccc(C)cc1)S(=O)(=O)c1ccc(OC)cc1. The Morgan fingerprint density at radius 3 is 2.21 bits per heavy atom. The molecule has 0 fully saturated rings. The molecule has 0 saturated heterocycles. The van der Waals surface area contributed by atoms with E-state index in [0.717, 1.165) is 28.3 Å². The normalized spacial score (nSPS) is 11.9. The average Bonchev–Trinajstić information content (AvgIpc) is 3.07. The molecule has 0 unspecified atom stereocenters. The number of carbonyl (C=O) groups excluding carboxylic acids is 2. The van der Waals surface area contributed by atoms with Crippen LogP contribution < -0.4 is 14.4 Å². The third-order valence-electron chi connectivity index (χ3n) is 7.70. The number of halogens is 2. The van der Waals surface area contributed by atoms with Gasteiger partial charge in [0, 0.05) is 29.6 Å². The van der Waals surface area contributed by atoms with E-state index in [2.05, 4.69) is 5.32 Å². The van der Waals surface area contributed by atoms with Crippen LogP contribution in [0.15, 0.2) is 102 Å². The van der Waals surface area contributed by atoms with Crippen molar-refractivity contribution < 1.29 is 22.7 Å². The summed E-state index contributed by atoms with van der Waals surface area (Å²) in [5.74, 6) is -0.438. The molecule has 0 spiro atoms. The van der Waals surface area contributed by atoms with Crippen LogP contribution in [0.5, 0.6) is 5.75 Å². The second kappa shape index (κ2) is 16.7. The Morgan fingerprint density at radius 2 is 1.60 bits per heavy atom. The number of rotatable bonds is 15. The number of hydrogen-bond acceptors (Lipinski definition) is 5. The maximum atomic E-state index is 14.6. The van der Waals surface area contributed by atoms with E-state index in [1.165, 1.54) is 24.1 Å². The van der Waals surface area contributed by atoms with Crippen molar-refractivity contribution in [2.75, 3.05) is 24.5 Å². The number of nitrogens with zero attached hydrogens (tertiary/aromatic N) is 2. The largest absolute Gasteiger partial charge is 0.497 e. The number of sulfonamides is 1. The molecule has 4 rings (SSSR count). The first-order chi connectivity index (χ1) is 22.5. The molecule has 1 N–H and O–H groups in total. The summed E-state index contributed by atoms with van der Waals surface area (Å²) in [6.45, 7) is 3.72. The van der Waals surface area contributed by atoms with E-state index in [9.17, 15) is 18.0 Å². The monoisotopic (exact) mass is 695 g/mol. The quantitative estimate of drug-likeness (QED) is 0.134. The fourth-order valence-electron chi connectivity index (χ4n) is 5.01. The zero-order valence-electron chi connectivity index (χ0n) is 26.7. The van der Waals surface area contributed by atoms with Crippen LogP contribution in [0.25, 0.3) is 0 Å². The van der Waals surface area contributed by atoms with Crippen molar-refractivity contribution in [3.63, 3.8) is 0 Å². The van der Waals surface area contributed by atoms with Crippen molar-refractivity contribution in [2.45, 2.75) is 50.6 Å². The number of unbranched alkanes of at least 4 members (excludes halogenated alkanes) is 1. The predicted octanol–water partition coefficient (Wildman–Crippen LogP) is 7.06. The molecule has 0 saturated carbocycles. The average molecular weight is 697 g/mol. The van der Waals surface area contributed by atoms with Crippen molar-refractivity contribution >= 4 is 50.7 Å². The number of aryl methyl sites for hydroxylation is 1. The van der Waals surface area contributed by atoms with Gasteiger partial charge in [-0.2, -0.15) is 0 Å². The Hall–Kier alpha value is -4.05. The minimum atomic E-state index is -4.24. The number of ether oxygens (including phenoxy) is 1. The van der Waals surface area contributed by atoms with Crippen molar-refractivity contribution in [3.05, 3.63) is 124 Å². The lowest BCUT2D eigenvalue weighted by Crippen LogP contribution is -2.53. The van der Waals surface area contributed by atoms with E-state index in [1.807, 2.05) is 44.2 Å². The summed E-state index contributed by atoms with van der Waals surface area (Å²) in [5.41, 5.74) is 2.62. The summed E-state index contributed by atoms with van der Waals surface area (Å²) < 4.78 is 34.7. The van der Waals surface area contributed by atoms with Gasteiger partial charge in [0.1, 0.15) is 18.3 Å². The highest BCUT2D eigenvalue weighted by Crippen LogP contribution is 2.28. The summed E-state index contributed by atoms with van der Waals surface area (Å²) in [6, 6.07) is 26.2. The van der Waals surface area contributed by atoms with Gasteiger partial charge in [-0.25, -0.2) is 8.42 Å². The van der Waals surface area contributed by atoms with E-state index in [1.54, 1.807) is 54.6 Å². The van der Waals surface area contributed by atoms with E-state index in [-0.39, 0.29) is 23.8 Å². The van der Waals surface area contributed by atoms with Crippen LogP contribution in [-0.2, 0) is 32.6 Å². The van der Waals surface area contributed by atoms with Gasteiger partial charge in [0.05, 0.1) is 17.7 Å². The van der Waals surface area contributed by atoms with E-state index < -0.39 is 28.5 Å². The topological polar surface area (TPSA) is 96.0 Å². The molecule has 248 valence electrons. The van der Waals surface area contributed by atoms with Crippen LogP contribution in [-0.4, -0.2) is 51.4 Å². The molecule has 1 atom stereocenters. The Morgan fingerprint density at radius 1 is 0.915 bits per heavy atom. The van der Waals surface area contributed by atoms with E-state index in [0.29, 0.717) is 33.6 Å². The zero-order valence-corrected chi connectivity index (χ0v) is 29.0. The number of methoxy groups -OCH3 is 1. The molecule has 0 heterocycles.